The number of hydrogen-bond donors (Lipinski definition) is 2. The number of para-hydroxylation sites is 1. The highest BCUT2D eigenvalue weighted by Gasteiger charge is 2.24. The van der Waals surface area contributed by atoms with Crippen LogP contribution in [0, 0.1) is 0 Å². The van der Waals surface area contributed by atoms with E-state index in [9.17, 15) is 5.11 Å². The van der Waals surface area contributed by atoms with Crippen molar-refractivity contribution in [3.05, 3.63) is 29.8 Å². The molecule has 1 aromatic carbocycles. The summed E-state index contributed by atoms with van der Waals surface area (Å²) in [7, 11) is 1.67. The van der Waals surface area contributed by atoms with Gasteiger partial charge < -0.3 is 19.9 Å². The average Bonchev–Trinajstić information content (AvgIpc) is 2.42. The quantitative estimate of drug-likeness (QED) is 0.812. The van der Waals surface area contributed by atoms with Gasteiger partial charge in [-0.3, -0.25) is 0 Å². The van der Waals surface area contributed by atoms with Gasteiger partial charge in [0.1, 0.15) is 5.75 Å². The summed E-state index contributed by atoms with van der Waals surface area (Å²) in [6.07, 6.45) is -0.543. The van der Waals surface area contributed by atoms with Crippen molar-refractivity contribution in [1.29, 1.82) is 0 Å². The summed E-state index contributed by atoms with van der Waals surface area (Å²) < 4.78 is 11.0. The normalized spacial score (nSPS) is 14.0. The number of benzene rings is 1. The van der Waals surface area contributed by atoms with Gasteiger partial charge in [0.05, 0.1) is 25.4 Å². The lowest BCUT2D eigenvalue weighted by molar-refractivity contribution is -0.0491. The van der Waals surface area contributed by atoms with Gasteiger partial charge in [-0.05, 0) is 40.7 Å². The Balaban J connectivity index is 2.60. The first-order valence-electron chi connectivity index (χ1n) is 7.36. The Kier molecular flexibility index (Phi) is 6.20. The Hall–Kier alpha value is -1.10. The Morgan fingerprint density at radius 2 is 1.76 bits per heavy atom. The fraction of sp³-hybridized carbons (Fsp3) is 0.647. The third kappa shape index (κ3) is 6.04. The minimum Gasteiger partial charge on any atom is -0.496 e. The fourth-order valence-electron chi connectivity index (χ4n) is 2.03. The molecule has 0 heterocycles. The fourth-order valence-corrected chi connectivity index (χ4v) is 2.03. The van der Waals surface area contributed by atoms with Gasteiger partial charge in [0, 0.05) is 17.6 Å². The predicted molar refractivity (Wildman–Crippen MR) is 85.7 cm³/mol. The first kappa shape index (κ1) is 18.0. The summed E-state index contributed by atoms with van der Waals surface area (Å²) in [5.41, 5.74) is 0.533. The first-order valence-corrected chi connectivity index (χ1v) is 7.36. The number of methoxy groups -OCH3 is 1. The van der Waals surface area contributed by atoms with Gasteiger partial charge in [-0.25, -0.2) is 0 Å². The van der Waals surface area contributed by atoms with Gasteiger partial charge in [0.25, 0.3) is 0 Å². The van der Waals surface area contributed by atoms with Crippen molar-refractivity contribution in [2.24, 2.45) is 0 Å². The molecule has 4 nitrogen and oxygen atoms in total. The highest BCUT2D eigenvalue weighted by Crippen LogP contribution is 2.29. The first-order chi connectivity index (χ1) is 9.65. The van der Waals surface area contributed by atoms with E-state index in [4.69, 9.17) is 9.47 Å². The maximum atomic E-state index is 10.0. The van der Waals surface area contributed by atoms with Gasteiger partial charge in [-0.2, -0.15) is 0 Å². The number of ether oxygens (including phenoxy) is 2. The van der Waals surface area contributed by atoms with Crippen LogP contribution in [0.3, 0.4) is 0 Å². The van der Waals surface area contributed by atoms with Gasteiger partial charge in [-0.15, -0.1) is 0 Å². The Morgan fingerprint density at radius 3 is 2.33 bits per heavy atom. The molecule has 0 aliphatic carbocycles. The van der Waals surface area contributed by atoms with Gasteiger partial charge in [-0.1, -0.05) is 18.2 Å². The van der Waals surface area contributed by atoms with Crippen molar-refractivity contribution in [3.63, 3.8) is 0 Å². The summed E-state index contributed by atoms with van der Waals surface area (Å²) in [5.74, 6) is 0.843. The second-order valence-electron chi connectivity index (χ2n) is 6.78. The van der Waals surface area contributed by atoms with Crippen LogP contribution in [-0.2, 0) is 10.3 Å². The van der Waals surface area contributed by atoms with E-state index in [1.165, 1.54) is 0 Å². The zero-order valence-corrected chi connectivity index (χ0v) is 14.1. The van der Waals surface area contributed by atoms with E-state index in [1.807, 2.05) is 45.0 Å². The van der Waals surface area contributed by atoms with Crippen LogP contribution in [0.4, 0.5) is 0 Å². The van der Waals surface area contributed by atoms with Crippen LogP contribution < -0.4 is 10.1 Å². The SMILES string of the molecule is COc1ccccc1C(C)(C)NCC(O)COC(C)(C)C. The van der Waals surface area contributed by atoms with E-state index in [0.717, 1.165) is 11.3 Å². The molecular formula is C17H29NO3. The Morgan fingerprint density at radius 1 is 1.14 bits per heavy atom. The zero-order valence-electron chi connectivity index (χ0n) is 14.1. The van der Waals surface area contributed by atoms with E-state index in [-0.39, 0.29) is 11.1 Å². The molecule has 0 saturated heterocycles. The summed E-state index contributed by atoms with van der Waals surface area (Å²) in [5, 5.41) is 13.4. The standard InChI is InChI=1S/C17H29NO3/c1-16(2,3)21-12-13(19)11-18-17(4,5)14-9-7-8-10-15(14)20-6/h7-10,13,18-19H,11-12H2,1-6H3. The monoisotopic (exact) mass is 295 g/mol. The molecule has 1 aromatic rings. The molecule has 0 saturated carbocycles. The van der Waals surface area contributed by atoms with Crippen LogP contribution in [0.15, 0.2) is 24.3 Å². The Labute approximate surface area is 128 Å². The summed E-state index contributed by atoms with van der Waals surface area (Å²) in [4.78, 5) is 0. The lowest BCUT2D eigenvalue weighted by Gasteiger charge is -2.30. The molecule has 0 aliphatic rings. The number of hydrogen-bond acceptors (Lipinski definition) is 4. The van der Waals surface area contributed by atoms with Crippen LogP contribution in [0.1, 0.15) is 40.2 Å². The predicted octanol–water partition coefficient (Wildman–Crippen LogP) is 2.70. The largest absolute Gasteiger partial charge is 0.496 e. The molecule has 0 spiro atoms. The average molecular weight is 295 g/mol. The topological polar surface area (TPSA) is 50.7 Å². The highest BCUT2D eigenvalue weighted by molar-refractivity contribution is 5.38. The summed E-state index contributed by atoms with van der Waals surface area (Å²) in [6, 6.07) is 7.91. The van der Waals surface area contributed by atoms with Crippen molar-refractivity contribution in [2.75, 3.05) is 20.3 Å². The highest BCUT2D eigenvalue weighted by atomic mass is 16.5. The van der Waals surface area contributed by atoms with Crippen molar-refractivity contribution < 1.29 is 14.6 Å². The molecule has 1 atom stereocenters. The van der Waals surface area contributed by atoms with E-state index < -0.39 is 6.10 Å². The maximum absolute atomic E-state index is 10.0. The maximum Gasteiger partial charge on any atom is 0.123 e. The van der Waals surface area contributed by atoms with Crippen LogP contribution in [0.25, 0.3) is 0 Å². The molecule has 1 rings (SSSR count). The van der Waals surface area contributed by atoms with Crippen LogP contribution in [0.5, 0.6) is 5.75 Å². The second kappa shape index (κ2) is 7.25. The number of nitrogens with one attached hydrogen (secondary N) is 1. The van der Waals surface area contributed by atoms with Gasteiger partial charge in [0.15, 0.2) is 0 Å². The van der Waals surface area contributed by atoms with Gasteiger partial charge in [0.2, 0.25) is 0 Å². The molecule has 0 aliphatic heterocycles. The molecule has 1 unspecified atom stereocenters. The van der Waals surface area contributed by atoms with E-state index >= 15 is 0 Å². The number of aliphatic hydroxyl groups is 1. The molecule has 0 radical (unpaired) electrons. The molecule has 0 aromatic heterocycles. The van der Waals surface area contributed by atoms with E-state index in [0.29, 0.717) is 13.2 Å². The third-order valence-corrected chi connectivity index (χ3v) is 3.27. The smallest absolute Gasteiger partial charge is 0.123 e. The molecule has 120 valence electrons. The molecule has 0 amide bonds. The minimum absolute atomic E-state index is 0.237. The van der Waals surface area contributed by atoms with Gasteiger partial charge >= 0.3 is 0 Å². The summed E-state index contributed by atoms with van der Waals surface area (Å²) in [6.45, 7) is 10.9. The third-order valence-electron chi connectivity index (χ3n) is 3.27. The van der Waals surface area contributed by atoms with E-state index in [1.54, 1.807) is 7.11 Å². The molecule has 0 fully saturated rings. The molecule has 21 heavy (non-hydrogen) atoms. The Bertz CT molecular complexity index is 438. The van der Waals surface area contributed by atoms with E-state index in [2.05, 4.69) is 19.2 Å². The minimum atomic E-state index is -0.543. The van der Waals surface area contributed by atoms with Crippen molar-refractivity contribution in [2.45, 2.75) is 51.9 Å². The van der Waals surface area contributed by atoms with Crippen LogP contribution in [-0.4, -0.2) is 37.1 Å². The lowest BCUT2D eigenvalue weighted by Crippen LogP contribution is -2.43. The van der Waals surface area contributed by atoms with Crippen molar-refractivity contribution in [1.82, 2.24) is 5.32 Å². The van der Waals surface area contributed by atoms with Crippen LogP contribution >= 0.6 is 0 Å². The number of rotatable bonds is 7. The molecular weight excluding hydrogens is 266 g/mol. The van der Waals surface area contributed by atoms with Crippen molar-refractivity contribution in [3.8, 4) is 5.75 Å². The molecule has 2 N–H and O–H groups in total. The van der Waals surface area contributed by atoms with Crippen molar-refractivity contribution >= 4 is 0 Å². The molecule has 4 heteroatoms. The summed E-state index contributed by atoms with van der Waals surface area (Å²) >= 11 is 0. The molecule has 0 bridgehead atoms. The second-order valence-corrected chi connectivity index (χ2v) is 6.78. The number of aliphatic hydroxyl groups excluding tert-OH is 1. The zero-order chi connectivity index (χ0) is 16.1. The van der Waals surface area contributed by atoms with Crippen LogP contribution in [0.2, 0.25) is 0 Å². The lowest BCUT2D eigenvalue weighted by atomic mass is 9.93.